The zero-order valence-electron chi connectivity index (χ0n) is 12.2. The van der Waals surface area contributed by atoms with E-state index in [9.17, 15) is 9.18 Å². The van der Waals surface area contributed by atoms with Crippen molar-refractivity contribution in [2.45, 2.75) is 6.92 Å². The molecular weight excluding hydrogens is 299 g/mol. The summed E-state index contributed by atoms with van der Waals surface area (Å²) >= 11 is 0. The summed E-state index contributed by atoms with van der Waals surface area (Å²) in [5.74, 6) is -0.363. The summed E-state index contributed by atoms with van der Waals surface area (Å²) < 4.78 is 15.2. The number of fused-ring (bicyclic) bond motifs is 1. The van der Waals surface area contributed by atoms with Gasteiger partial charge in [-0.25, -0.2) is 9.37 Å². The summed E-state index contributed by atoms with van der Waals surface area (Å²) in [6, 6.07) is 9.56. The van der Waals surface area contributed by atoms with Crippen molar-refractivity contribution in [3.63, 3.8) is 0 Å². The van der Waals surface area contributed by atoms with Crippen molar-refractivity contribution in [3.8, 4) is 0 Å². The molecule has 2 aromatic heterocycles. The van der Waals surface area contributed by atoms with E-state index in [2.05, 4.69) is 15.5 Å². The van der Waals surface area contributed by atoms with Gasteiger partial charge in [-0.1, -0.05) is 23.4 Å². The smallest absolute Gasteiger partial charge is 0.269 e. The lowest BCUT2D eigenvalue weighted by atomic mass is 10.2. The van der Waals surface area contributed by atoms with E-state index in [0.29, 0.717) is 5.65 Å². The summed E-state index contributed by atoms with van der Waals surface area (Å²) in [7, 11) is 0. The van der Waals surface area contributed by atoms with Crippen LogP contribution in [0, 0.1) is 12.7 Å². The highest BCUT2D eigenvalue weighted by atomic mass is 19.1. The lowest BCUT2D eigenvalue weighted by Crippen LogP contribution is -2.22. The zero-order chi connectivity index (χ0) is 16.4. The first kappa shape index (κ1) is 14.7. The first-order valence-electron chi connectivity index (χ1n) is 6.83. The van der Waals surface area contributed by atoms with Crippen LogP contribution in [0.2, 0.25) is 0 Å². The molecular formula is C16H13FN4O2. The minimum absolute atomic E-state index is 0.0267. The van der Waals surface area contributed by atoms with Gasteiger partial charge in [0.1, 0.15) is 22.8 Å². The Morgan fingerprint density at radius 3 is 2.83 bits per heavy atom. The van der Waals surface area contributed by atoms with E-state index in [4.69, 9.17) is 5.21 Å². The maximum Gasteiger partial charge on any atom is 0.269 e. The predicted octanol–water partition coefficient (Wildman–Crippen LogP) is 2.69. The monoisotopic (exact) mass is 312 g/mol. The van der Waals surface area contributed by atoms with Crippen LogP contribution in [-0.4, -0.2) is 20.8 Å². The molecule has 0 aliphatic heterocycles. The highest BCUT2D eigenvalue weighted by Crippen LogP contribution is 2.20. The number of aryl methyl sites for hydroxylation is 1. The quantitative estimate of drug-likeness (QED) is 0.443. The molecule has 0 unspecified atom stereocenters. The van der Waals surface area contributed by atoms with Crippen LogP contribution in [0.25, 0.3) is 5.65 Å². The third-order valence-electron chi connectivity index (χ3n) is 3.40. The maximum absolute atomic E-state index is 13.8. The number of para-hydroxylation sites is 1. The lowest BCUT2D eigenvalue weighted by molar-refractivity contribution is 0.322. The predicted molar refractivity (Wildman–Crippen MR) is 85.3 cm³/mol. The van der Waals surface area contributed by atoms with Crippen LogP contribution in [0.5, 0.6) is 0 Å². The molecule has 6 nitrogen and oxygen atoms in total. The van der Waals surface area contributed by atoms with Crippen LogP contribution in [0.4, 0.5) is 15.9 Å². The standard InChI is InChI=1S/C16H13FN4O2/c1-10-5-4-8-21-15(10)20-14(11(9-18-23)16(21)22)19-13-7-3-2-6-12(13)17/h2-9,19,23H,1H3/b18-9-. The Morgan fingerprint density at radius 1 is 1.30 bits per heavy atom. The highest BCUT2D eigenvalue weighted by Gasteiger charge is 2.14. The minimum Gasteiger partial charge on any atom is -0.411 e. The van der Waals surface area contributed by atoms with Crippen molar-refractivity contribution in [2.75, 3.05) is 5.32 Å². The Hall–Kier alpha value is -3.22. The van der Waals surface area contributed by atoms with Gasteiger partial charge in [0.2, 0.25) is 0 Å². The second kappa shape index (κ2) is 5.88. The summed E-state index contributed by atoms with van der Waals surface area (Å²) in [5, 5.41) is 14.5. The SMILES string of the molecule is Cc1cccn2c(=O)c(/C=N\O)c(Nc3ccccc3F)nc12. The van der Waals surface area contributed by atoms with Crippen LogP contribution in [0.3, 0.4) is 0 Å². The second-order valence-electron chi connectivity index (χ2n) is 4.91. The van der Waals surface area contributed by atoms with Gasteiger partial charge in [0.15, 0.2) is 0 Å². The number of oxime groups is 1. The van der Waals surface area contributed by atoms with E-state index in [1.54, 1.807) is 24.4 Å². The minimum atomic E-state index is -0.480. The number of benzene rings is 1. The second-order valence-corrected chi connectivity index (χ2v) is 4.91. The summed E-state index contributed by atoms with van der Waals surface area (Å²) in [4.78, 5) is 16.9. The van der Waals surface area contributed by atoms with E-state index < -0.39 is 11.4 Å². The average Bonchev–Trinajstić information content (AvgIpc) is 2.54. The Balaban J connectivity index is 2.26. The first-order valence-corrected chi connectivity index (χ1v) is 6.83. The molecule has 0 radical (unpaired) electrons. The van der Waals surface area contributed by atoms with Gasteiger partial charge in [-0.15, -0.1) is 0 Å². The molecule has 116 valence electrons. The molecule has 0 saturated carbocycles. The van der Waals surface area contributed by atoms with Gasteiger partial charge >= 0.3 is 0 Å². The fraction of sp³-hybridized carbons (Fsp3) is 0.0625. The van der Waals surface area contributed by atoms with Crippen LogP contribution in [-0.2, 0) is 0 Å². The summed E-state index contributed by atoms with van der Waals surface area (Å²) in [6.07, 6.45) is 2.55. The number of rotatable bonds is 3. The molecule has 0 spiro atoms. The van der Waals surface area contributed by atoms with E-state index in [0.717, 1.165) is 11.8 Å². The molecule has 23 heavy (non-hydrogen) atoms. The molecule has 3 aromatic rings. The Morgan fingerprint density at radius 2 is 2.09 bits per heavy atom. The van der Waals surface area contributed by atoms with E-state index in [1.807, 2.05) is 13.0 Å². The molecule has 2 heterocycles. The molecule has 0 saturated heterocycles. The van der Waals surface area contributed by atoms with Crippen molar-refractivity contribution in [3.05, 3.63) is 69.9 Å². The molecule has 3 rings (SSSR count). The number of nitrogens with one attached hydrogen (secondary N) is 1. The largest absolute Gasteiger partial charge is 0.411 e. The maximum atomic E-state index is 13.8. The molecule has 0 atom stereocenters. The van der Waals surface area contributed by atoms with Gasteiger partial charge in [-0.3, -0.25) is 9.20 Å². The molecule has 0 fully saturated rings. The fourth-order valence-electron chi connectivity index (χ4n) is 2.27. The van der Waals surface area contributed by atoms with Crippen LogP contribution >= 0.6 is 0 Å². The van der Waals surface area contributed by atoms with Gasteiger partial charge in [0.05, 0.1) is 11.9 Å². The number of hydrogen-bond donors (Lipinski definition) is 2. The van der Waals surface area contributed by atoms with E-state index in [-0.39, 0.29) is 17.1 Å². The van der Waals surface area contributed by atoms with Gasteiger partial charge in [0.25, 0.3) is 5.56 Å². The first-order chi connectivity index (χ1) is 11.1. The summed E-state index contributed by atoms with van der Waals surface area (Å²) in [5.41, 5.74) is 0.999. The molecule has 0 aliphatic carbocycles. The van der Waals surface area contributed by atoms with Crippen molar-refractivity contribution < 1.29 is 9.60 Å². The number of pyridine rings is 1. The number of halogens is 1. The third kappa shape index (κ3) is 2.64. The Kier molecular flexibility index (Phi) is 3.76. The number of anilines is 2. The third-order valence-corrected chi connectivity index (χ3v) is 3.40. The summed E-state index contributed by atoms with van der Waals surface area (Å²) in [6.45, 7) is 1.81. The van der Waals surface area contributed by atoms with Crippen molar-refractivity contribution >= 4 is 23.4 Å². The Bertz CT molecular complexity index is 966. The van der Waals surface area contributed by atoms with Crippen molar-refractivity contribution in [2.24, 2.45) is 5.16 Å². The molecule has 0 aliphatic rings. The van der Waals surface area contributed by atoms with Gasteiger partial charge in [-0.05, 0) is 30.7 Å². The van der Waals surface area contributed by atoms with Gasteiger partial charge in [0, 0.05) is 6.20 Å². The fourth-order valence-corrected chi connectivity index (χ4v) is 2.27. The van der Waals surface area contributed by atoms with Crippen LogP contribution in [0.1, 0.15) is 11.1 Å². The molecule has 1 aromatic carbocycles. The molecule has 2 N–H and O–H groups in total. The van der Waals surface area contributed by atoms with Crippen molar-refractivity contribution in [1.82, 2.24) is 9.38 Å². The molecule has 0 bridgehead atoms. The zero-order valence-corrected chi connectivity index (χ0v) is 12.2. The lowest BCUT2D eigenvalue weighted by Gasteiger charge is -2.11. The highest BCUT2D eigenvalue weighted by molar-refractivity contribution is 5.87. The van der Waals surface area contributed by atoms with Crippen LogP contribution in [0.15, 0.2) is 52.5 Å². The number of nitrogens with zero attached hydrogens (tertiary/aromatic N) is 3. The van der Waals surface area contributed by atoms with Crippen LogP contribution < -0.4 is 10.9 Å². The van der Waals surface area contributed by atoms with Crippen molar-refractivity contribution in [1.29, 1.82) is 0 Å². The van der Waals surface area contributed by atoms with E-state index >= 15 is 0 Å². The van der Waals surface area contributed by atoms with E-state index in [1.165, 1.54) is 16.5 Å². The van der Waals surface area contributed by atoms with Gasteiger partial charge < -0.3 is 10.5 Å². The normalized spacial score (nSPS) is 11.2. The van der Waals surface area contributed by atoms with Gasteiger partial charge in [-0.2, -0.15) is 0 Å². The molecule has 7 heteroatoms. The number of hydrogen-bond acceptors (Lipinski definition) is 5. The topological polar surface area (TPSA) is 79.0 Å². The molecule has 0 amide bonds. The number of aromatic nitrogens is 2. The Labute approximate surface area is 130 Å². The average molecular weight is 312 g/mol.